The lowest BCUT2D eigenvalue weighted by Crippen LogP contribution is -2.06. The van der Waals surface area contributed by atoms with E-state index in [-0.39, 0.29) is 5.89 Å². The third kappa shape index (κ3) is 2.79. The van der Waals surface area contributed by atoms with Crippen LogP contribution < -0.4 is 5.73 Å². The molecule has 0 aliphatic carbocycles. The number of aromatic nitrogens is 3. The van der Waals surface area contributed by atoms with Gasteiger partial charge < -0.3 is 15.4 Å². The first-order valence-electron chi connectivity index (χ1n) is 5.04. The molecule has 6 nitrogen and oxygen atoms in total. The fourth-order valence-corrected chi connectivity index (χ4v) is 1.38. The largest absolute Gasteiger partial charge is 0.383 e. The van der Waals surface area contributed by atoms with Crippen molar-refractivity contribution < 1.29 is 9.63 Å². The van der Waals surface area contributed by atoms with Gasteiger partial charge in [0, 0.05) is 6.20 Å². The summed E-state index contributed by atoms with van der Waals surface area (Å²) in [6.07, 6.45) is 1.02. The summed E-state index contributed by atoms with van der Waals surface area (Å²) < 4.78 is 4.92. The number of hydrogen-bond donors (Lipinski definition) is 2. The Labute approximate surface area is 102 Å². The monoisotopic (exact) mass is 254 g/mol. The first-order chi connectivity index (χ1) is 8.20. The quantitative estimate of drug-likeness (QED) is 0.850. The third-order valence-electron chi connectivity index (χ3n) is 2.12. The second kappa shape index (κ2) is 5.22. The van der Waals surface area contributed by atoms with Crippen molar-refractivity contribution in [2.45, 2.75) is 12.5 Å². The average Bonchev–Trinajstić information content (AvgIpc) is 2.80. The van der Waals surface area contributed by atoms with Crippen molar-refractivity contribution in [1.29, 1.82) is 0 Å². The highest BCUT2D eigenvalue weighted by atomic mass is 35.5. The van der Waals surface area contributed by atoms with E-state index in [1.54, 1.807) is 12.1 Å². The van der Waals surface area contributed by atoms with E-state index < -0.39 is 6.10 Å². The summed E-state index contributed by atoms with van der Waals surface area (Å²) in [5.74, 6) is 0.454. The molecule has 17 heavy (non-hydrogen) atoms. The predicted octanol–water partition coefficient (Wildman–Crippen LogP) is 1.17. The molecular formula is C10H11ClN4O2. The molecule has 0 bridgehead atoms. The van der Waals surface area contributed by atoms with Crippen molar-refractivity contribution in [3.63, 3.8) is 0 Å². The molecule has 0 aliphatic heterocycles. The minimum Gasteiger partial charge on any atom is -0.383 e. The number of aliphatic hydroxyl groups excluding tert-OH is 1. The number of aliphatic hydroxyl groups is 1. The van der Waals surface area contributed by atoms with Crippen LogP contribution in [0.25, 0.3) is 11.5 Å². The molecule has 0 fully saturated rings. The Bertz CT molecular complexity index is 485. The van der Waals surface area contributed by atoms with Gasteiger partial charge in [0.1, 0.15) is 11.8 Å². The molecule has 0 saturated heterocycles. The highest BCUT2D eigenvalue weighted by molar-refractivity contribution is 6.30. The summed E-state index contributed by atoms with van der Waals surface area (Å²) >= 11 is 5.72. The van der Waals surface area contributed by atoms with E-state index in [0.717, 1.165) is 0 Å². The third-order valence-corrected chi connectivity index (χ3v) is 2.35. The highest BCUT2D eigenvalue weighted by Crippen LogP contribution is 2.19. The van der Waals surface area contributed by atoms with Gasteiger partial charge in [-0.2, -0.15) is 4.98 Å². The lowest BCUT2D eigenvalue weighted by Gasteiger charge is -2.00. The SMILES string of the molecule is NCCC(O)c1nc(-c2ccc(Cl)cn2)no1. The van der Waals surface area contributed by atoms with Gasteiger partial charge in [-0.1, -0.05) is 16.8 Å². The van der Waals surface area contributed by atoms with Gasteiger partial charge in [-0.3, -0.25) is 4.98 Å². The van der Waals surface area contributed by atoms with E-state index >= 15 is 0 Å². The molecule has 0 aromatic carbocycles. The Balaban J connectivity index is 2.20. The van der Waals surface area contributed by atoms with Gasteiger partial charge in [-0.05, 0) is 25.1 Å². The van der Waals surface area contributed by atoms with Crippen LogP contribution in [0, 0.1) is 0 Å². The number of hydrogen-bond acceptors (Lipinski definition) is 6. The number of nitrogens with zero attached hydrogens (tertiary/aromatic N) is 3. The molecule has 0 amide bonds. The molecule has 90 valence electrons. The van der Waals surface area contributed by atoms with Crippen LogP contribution in [0.3, 0.4) is 0 Å². The minimum atomic E-state index is -0.839. The highest BCUT2D eigenvalue weighted by Gasteiger charge is 2.16. The maximum atomic E-state index is 9.61. The van der Waals surface area contributed by atoms with Gasteiger partial charge in [0.05, 0.1) is 5.02 Å². The standard InChI is InChI=1S/C10H11ClN4O2/c11-6-1-2-7(13-5-6)9-14-10(17-15-9)8(16)3-4-12/h1-2,5,8,16H,3-4,12H2. The number of nitrogens with two attached hydrogens (primary N) is 1. The van der Waals surface area contributed by atoms with Gasteiger partial charge in [0.2, 0.25) is 5.82 Å². The Morgan fingerprint density at radius 1 is 1.47 bits per heavy atom. The number of pyridine rings is 1. The molecule has 0 saturated carbocycles. The minimum absolute atomic E-state index is 0.141. The van der Waals surface area contributed by atoms with E-state index in [0.29, 0.717) is 29.5 Å². The van der Waals surface area contributed by atoms with E-state index in [1.165, 1.54) is 6.20 Å². The summed E-state index contributed by atoms with van der Waals surface area (Å²) in [5.41, 5.74) is 5.86. The molecule has 2 heterocycles. The summed E-state index contributed by atoms with van der Waals surface area (Å²) in [5, 5.41) is 13.9. The van der Waals surface area contributed by atoms with Crippen molar-refractivity contribution in [3.05, 3.63) is 29.2 Å². The maximum Gasteiger partial charge on any atom is 0.255 e. The van der Waals surface area contributed by atoms with Crippen LogP contribution in [0.5, 0.6) is 0 Å². The van der Waals surface area contributed by atoms with Gasteiger partial charge in [-0.25, -0.2) is 0 Å². The van der Waals surface area contributed by atoms with Crippen molar-refractivity contribution >= 4 is 11.6 Å². The molecule has 1 atom stereocenters. The second-order valence-corrected chi connectivity index (χ2v) is 3.85. The smallest absolute Gasteiger partial charge is 0.255 e. The first-order valence-corrected chi connectivity index (χ1v) is 5.42. The van der Waals surface area contributed by atoms with E-state index in [4.69, 9.17) is 21.9 Å². The molecule has 0 aliphatic rings. The fourth-order valence-electron chi connectivity index (χ4n) is 1.26. The van der Waals surface area contributed by atoms with Crippen LogP contribution >= 0.6 is 11.6 Å². The van der Waals surface area contributed by atoms with Gasteiger partial charge in [0.15, 0.2) is 0 Å². The molecule has 3 N–H and O–H groups in total. The Kier molecular flexibility index (Phi) is 3.68. The molecule has 0 radical (unpaired) electrons. The van der Waals surface area contributed by atoms with Crippen molar-refractivity contribution in [2.75, 3.05) is 6.54 Å². The summed E-state index contributed by atoms with van der Waals surface area (Å²) in [6.45, 7) is 0.345. The second-order valence-electron chi connectivity index (χ2n) is 3.41. The molecule has 2 rings (SSSR count). The zero-order valence-electron chi connectivity index (χ0n) is 8.88. The Morgan fingerprint density at radius 2 is 2.29 bits per heavy atom. The summed E-state index contributed by atoms with van der Waals surface area (Å²) in [4.78, 5) is 8.08. The van der Waals surface area contributed by atoms with E-state index in [1.807, 2.05) is 0 Å². The van der Waals surface area contributed by atoms with Crippen LogP contribution in [0.15, 0.2) is 22.9 Å². The lowest BCUT2D eigenvalue weighted by molar-refractivity contribution is 0.127. The zero-order valence-corrected chi connectivity index (χ0v) is 9.63. The Morgan fingerprint density at radius 3 is 2.94 bits per heavy atom. The molecule has 0 spiro atoms. The van der Waals surface area contributed by atoms with E-state index in [9.17, 15) is 5.11 Å². The number of halogens is 1. The van der Waals surface area contributed by atoms with Crippen LogP contribution in [-0.2, 0) is 0 Å². The average molecular weight is 255 g/mol. The Hall–Kier alpha value is -1.50. The van der Waals surface area contributed by atoms with Gasteiger partial charge in [-0.15, -0.1) is 0 Å². The summed E-state index contributed by atoms with van der Waals surface area (Å²) in [7, 11) is 0. The van der Waals surface area contributed by atoms with Crippen LogP contribution in [-0.4, -0.2) is 26.8 Å². The van der Waals surface area contributed by atoms with Crippen LogP contribution in [0.4, 0.5) is 0 Å². The van der Waals surface area contributed by atoms with Crippen LogP contribution in [0.2, 0.25) is 5.02 Å². The molecule has 2 aromatic rings. The van der Waals surface area contributed by atoms with Crippen molar-refractivity contribution in [2.24, 2.45) is 5.73 Å². The summed E-state index contributed by atoms with van der Waals surface area (Å²) in [6, 6.07) is 3.35. The van der Waals surface area contributed by atoms with Crippen molar-refractivity contribution in [3.8, 4) is 11.5 Å². The normalized spacial score (nSPS) is 12.6. The predicted molar refractivity (Wildman–Crippen MR) is 61.2 cm³/mol. The maximum absolute atomic E-state index is 9.61. The van der Waals surface area contributed by atoms with Gasteiger partial charge >= 0.3 is 0 Å². The lowest BCUT2D eigenvalue weighted by atomic mass is 10.2. The molecule has 7 heteroatoms. The van der Waals surface area contributed by atoms with Crippen molar-refractivity contribution in [1.82, 2.24) is 15.1 Å². The number of rotatable bonds is 4. The molecule has 1 unspecified atom stereocenters. The van der Waals surface area contributed by atoms with E-state index in [2.05, 4.69) is 15.1 Å². The van der Waals surface area contributed by atoms with Crippen LogP contribution in [0.1, 0.15) is 18.4 Å². The zero-order chi connectivity index (χ0) is 12.3. The fraction of sp³-hybridized carbons (Fsp3) is 0.300. The molecular weight excluding hydrogens is 244 g/mol. The van der Waals surface area contributed by atoms with Gasteiger partial charge in [0.25, 0.3) is 5.89 Å². The first kappa shape index (κ1) is 12.0. The topological polar surface area (TPSA) is 98.1 Å². The molecule has 2 aromatic heterocycles.